The van der Waals surface area contributed by atoms with Gasteiger partial charge in [0.2, 0.25) is 0 Å². The number of anilines is 1. The molecular weight excluding hydrogens is 212 g/mol. The Hall–Kier alpha value is -1.16. The molecule has 1 N–H and O–H groups in total. The summed E-state index contributed by atoms with van der Waals surface area (Å²) in [5, 5.41) is 2.99. The molecule has 0 aromatic carbocycles. The Balaban J connectivity index is 1.95. The first-order valence-electron chi connectivity index (χ1n) is 6.41. The first-order valence-corrected chi connectivity index (χ1v) is 6.41. The Morgan fingerprint density at radius 3 is 2.59 bits per heavy atom. The number of nitrogens with one attached hydrogen (secondary N) is 1. The molecule has 0 amide bonds. The predicted molar refractivity (Wildman–Crippen MR) is 69.8 cm³/mol. The van der Waals surface area contributed by atoms with E-state index in [1.165, 1.54) is 19.4 Å². The van der Waals surface area contributed by atoms with Crippen molar-refractivity contribution in [2.75, 3.05) is 18.9 Å². The van der Waals surface area contributed by atoms with E-state index >= 15 is 0 Å². The molecule has 1 aliphatic rings. The lowest BCUT2D eigenvalue weighted by Gasteiger charge is -2.25. The average molecular weight is 234 g/mol. The van der Waals surface area contributed by atoms with Crippen LogP contribution in [0.15, 0.2) is 12.4 Å². The molecule has 0 saturated heterocycles. The molecule has 0 radical (unpaired) electrons. The van der Waals surface area contributed by atoms with Gasteiger partial charge in [0, 0.05) is 26.2 Å². The number of rotatable bonds is 6. The van der Waals surface area contributed by atoms with Crippen molar-refractivity contribution in [1.29, 1.82) is 0 Å². The summed E-state index contributed by atoms with van der Waals surface area (Å²) < 4.78 is 0. The zero-order valence-electron chi connectivity index (χ0n) is 11.0. The average Bonchev–Trinajstić information content (AvgIpc) is 3.13. The molecule has 1 aromatic rings. The van der Waals surface area contributed by atoms with E-state index in [4.69, 9.17) is 0 Å². The Morgan fingerprint density at radius 2 is 2.12 bits per heavy atom. The molecule has 1 fully saturated rings. The largest absolute Gasteiger partial charge is 0.372 e. The fourth-order valence-electron chi connectivity index (χ4n) is 1.86. The van der Waals surface area contributed by atoms with Crippen LogP contribution in [0.3, 0.4) is 0 Å². The summed E-state index contributed by atoms with van der Waals surface area (Å²) in [6.45, 7) is 6.60. The standard InChI is InChI=1S/C13H22N4/c1-10(2)17(8-11-4-5-11)9-12-6-16-13(14-3)7-15-12/h6-7,10-11H,4-5,8-9H2,1-3H3,(H,14,16). The molecule has 0 spiro atoms. The van der Waals surface area contributed by atoms with Crippen LogP contribution in [-0.2, 0) is 6.54 Å². The van der Waals surface area contributed by atoms with Crippen LogP contribution in [0.5, 0.6) is 0 Å². The molecule has 0 bridgehead atoms. The molecule has 0 atom stereocenters. The van der Waals surface area contributed by atoms with Gasteiger partial charge in [-0.15, -0.1) is 0 Å². The second kappa shape index (κ2) is 5.45. The van der Waals surface area contributed by atoms with Crippen molar-refractivity contribution in [3.63, 3.8) is 0 Å². The summed E-state index contributed by atoms with van der Waals surface area (Å²) >= 11 is 0. The van der Waals surface area contributed by atoms with E-state index in [9.17, 15) is 0 Å². The number of hydrogen-bond donors (Lipinski definition) is 1. The van der Waals surface area contributed by atoms with Gasteiger partial charge in [-0.3, -0.25) is 9.88 Å². The summed E-state index contributed by atoms with van der Waals surface area (Å²) in [7, 11) is 1.86. The van der Waals surface area contributed by atoms with Gasteiger partial charge in [0.25, 0.3) is 0 Å². The quantitative estimate of drug-likeness (QED) is 0.818. The highest BCUT2D eigenvalue weighted by molar-refractivity contribution is 5.29. The highest BCUT2D eigenvalue weighted by Crippen LogP contribution is 2.30. The van der Waals surface area contributed by atoms with Crippen LogP contribution in [0.25, 0.3) is 0 Å². The van der Waals surface area contributed by atoms with Crippen molar-refractivity contribution in [1.82, 2.24) is 14.9 Å². The van der Waals surface area contributed by atoms with Crippen LogP contribution in [-0.4, -0.2) is 34.5 Å². The highest BCUT2D eigenvalue weighted by Gasteiger charge is 2.25. The van der Waals surface area contributed by atoms with E-state index in [2.05, 4.69) is 34.0 Å². The van der Waals surface area contributed by atoms with Crippen LogP contribution >= 0.6 is 0 Å². The molecule has 4 nitrogen and oxygen atoms in total. The monoisotopic (exact) mass is 234 g/mol. The van der Waals surface area contributed by atoms with Crippen molar-refractivity contribution < 1.29 is 0 Å². The lowest BCUT2D eigenvalue weighted by atomic mass is 10.2. The molecule has 1 saturated carbocycles. The minimum atomic E-state index is 0.571. The van der Waals surface area contributed by atoms with Gasteiger partial charge in [-0.25, -0.2) is 4.98 Å². The Kier molecular flexibility index (Phi) is 3.94. The van der Waals surface area contributed by atoms with Crippen molar-refractivity contribution >= 4 is 5.82 Å². The van der Waals surface area contributed by atoms with Crippen LogP contribution < -0.4 is 5.32 Å². The fraction of sp³-hybridized carbons (Fsp3) is 0.692. The van der Waals surface area contributed by atoms with Crippen LogP contribution in [0.4, 0.5) is 5.82 Å². The molecule has 17 heavy (non-hydrogen) atoms. The third-order valence-corrected chi connectivity index (χ3v) is 3.25. The number of nitrogens with zero attached hydrogens (tertiary/aromatic N) is 3. The summed E-state index contributed by atoms with van der Waals surface area (Å²) in [6.07, 6.45) is 6.46. The van der Waals surface area contributed by atoms with Crippen molar-refractivity contribution in [2.45, 2.75) is 39.3 Å². The minimum Gasteiger partial charge on any atom is -0.372 e. The van der Waals surface area contributed by atoms with Crippen LogP contribution in [0, 0.1) is 5.92 Å². The van der Waals surface area contributed by atoms with Gasteiger partial charge < -0.3 is 5.32 Å². The molecule has 1 aromatic heterocycles. The molecule has 94 valence electrons. The molecule has 4 heteroatoms. The smallest absolute Gasteiger partial charge is 0.144 e. The van der Waals surface area contributed by atoms with E-state index in [-0.39, 0.29) is 0 Å². The van der Waals surface area contributed by atoms with E-state index in [1.807, 2.05) is 13.2 Å². The Morgan fingerprint density at radius 1 is 1.35 bits per heavy atom. The molecule has 1 heterocycles. The lowest BCUT2D eigenvalue weighted by Crippen LogP contribution is -2.32. The fourth-order valence-corrected chi connectivity index (χ4v) is 1.86. The van der Waals surface area contributed by atoms with Crippen molar-refractivity contribution in [2.24, 2.45) is 5.92 Å². The van der Waals surface area contributed by atoms with Gasteiger partial charge >= 0.3 is 0 Å². The van der Waals surface area contributed by atoms with E-state index in [0.29, 0.717) is 6.04 Å². The van der Waals surface area contributed by atoms with Crippen LogP contribution in [0.1, 0.15) is 32.4 Å². The van der Waals surface area contributed by atoms with E-state index in [0.717, 1.165) is 24.0 Å². The molecule has 0 unspecified atom stereocenters. The lowest BCUT2D eigenvalue weighted by molar-refractivity contribution is 0.201. The first kappa shape index (κ1) is 12.3. The summed E-state index contributed by atoms with van der Waals surface area (Å²) in [4.78, 5) is 11.2. The van der Waals surface area contributed by atoms with Crippen molar-refractivity contribution in [3.8, 4) is 0 Å². The summed E-state index contributed by atoms with van der Waals surface area (Å²) in [5.41, 5.74) is 1.05. The summed E-state index contributed by atoms with van der Waals surface area (Å²) in [5.74, 6) is 1.74. The number of hydrogen-bond acceptors (Lipinski definition) is 4. The SMILES string of the molecule is CNc1cnc(CN(CC2CC2)C(C)C)cn1. The van der Waals surface area contributed by atoms with Gasteiger partial charge in [-0.1, -0.05) is 0 Å². The predicted octanol–water partition coefficient (Wildman–Crippen LogP) is 2.14. The summed E-state index contributed by atoms with van der Waals surface area (Å²) in [6, 6.07) is 0.571. The first-order chi connectivity index (χ1) is 8.19. The van der Waals surface area contributed by atoms with Crippen LogP contribution in [0.2, 0.25) is 0 Å². The maximum absolute atomic E-state index is 4.43. The molecular formula is C13H22N4. The van der Waals surface area contributed by atoms with Gasteiger partial charge in [-0.2, -0.15) is 0 Å². The zero-order chi connectivity index (χ0) is 12.3. The Labute approximate surface area is 103 Å². The third-order valence-electron chi connectivity index (χ3n) is 3.25. The second-order valence-electron chi connectivity index (χ2n) is 5.11. The molecule has 0 aliphatic heterocycles. The minimum absolute atomic E-state index is 0.571. The zero-order valence-corrected chi connectivity index (χ0v) is 11.0. The third kappa shape index (κ3) is 3.66. The maximum atomic E-state index is 4.43. The second-order valence-corrected chi connectivity index (χ2v) is 5.11. The molecule has 1 aliphatic carbocycles. The van der Waals surface area contributed by atoms with Gasteiger partial charge in [-0.05, 0) is 32.6 Å². The van der Waals surface area contributed by atoms with Gasteiger partial charge in [0.1, 0.15) is 5.82 Å². The topological polar surface area (TPSA) is 41.1 Å². The van der Waals surface area contributed by atoms with Gasteiger partial charge in [0.15, 0.2) is 0 Å². The maximum Gasteiger partial charge on any atom is 0.144 e. The normalized spacial score (nSPS) is 15.6. The van der Waals surface area contributed by atoms with Crippen molar-refractivity contribution in [3.05, 3.63) is 18.1 Å². The highest BCUT2D eigenvalue weighted by atomic mass is 15.2. The number of aromatic nitrogens is 2. The van der Waals surface area contributed by atoms with E-state index < -0.39 is 0 Å². The van der Waals surface area contributed by atoms with E-state index in [1.54, 1.807) is 6.20 Å². The molecule has 2 rings (SSSR count). The van der Waals surface area contributed by atoms with Gasteiger partial charge in [0.05, 0.1) is 18.1 Å². The Bertz CT molecular complexity index is 343.